The summed E-state index contributed by atoms with van der Waals surface area (Å²) < 4.78 is 5.46. The highest BCUT2D eigenvalue weighted by atomic mass is 16.5. The largest absolute Gasteiger partial charge is 0.491 e. The van der Waals surface area contributed by atoms with E-state index in [9.17, 15) is 0 Å². The molecule has 0 unspecified atom stereocenters. The summed E-state index contributed by atoms with van der Waals surface area (Å²) in [6.45, 7) is 3.88. The van der Waals surface area contributed by atoms with Gasteiger partial charge >= 0.3 is 0 Å². The van der Waals surface area contributed by atoms with Crippen molar-refractivity contribution in [3.8, 4) is 5.75 Å². The Balaban J connectivity index is 2.90. The molecule has 4 nitrogen and oxygen atoms in total. The smallest absolute Gasteiger partial charge is 0.170 e. The zero-order valence-electron chi connectivity index (χ0n) is 8.27. The van der Waals surface area contributed by atoms with Crippen LogP contribution in [0, 0.1) is 0 Å². The topological polar surface area (TPSA) is 67.8 Å². The van der Waals surface area contributed by atoms with E-state index in [0.29, 0.717) is 11.3 Å². The molecule has 1 rings (SSSR count). The van der Waals surface area contributed by atoms with Crippen molar-refractivity contribution in [3.63, 3.8) is 0 Å². The van der Waals surface area contributed by atoms with Crippen molar-refractivity contribution in [2.24, 2.45) is 10.9 Å². The first kappa shape index (κ1) is 10.4. The summed E-state index contributed by atoms with van der Waals surface area (Å²) in [5.74, 6) is 0.795. The number of ether oxygens (including phenoxy) is 1. The molecule has 0 radical (unpaired) electrons. The van der Waals surface area contributed by atoms with Gasteiger partial charge in [-0.15, -0.1) is 0 Å². The summed E-state index contributed by atoms with van der Waals surface area (Å²) in [6, 6.07) is 7.11. The number of amidine groups is 1. The molecule has 3 N–H and O–H groups in total. The van der Waals surface area contributed by atoms with Crippen LogP contribution in [0.5, 0.6) is 5.75 Å². The third-order valence-electron chi connectivity index (χ3n) is 1.61. The molecule has 0 aromatic heterocycles. The van der Waals surface area contributed by atoms with Gasteiger partial charge in [-0.1, -0.05) is 17.3 Å². The second-order valence-electron chi connectivity index (χ2n) is 3.18. The summed E-state index contributed by atoms with van der Waals surface area (Å²) >= 11 is 0. The van der Waals surface area contributed by atoms with E-state index in [1.807, 2.05) is 19.9 Å². The van der Waals surface area contributed by atoms with Gasteiger partial charge in [-0.3, -0.25) is 0 Å². The van der Waals surface area contributed by atoms with E-state index in [2.05, 4.69) is 5.16 Å². The maximum Gasteiger partial charge on any atom is 0.170 e. The molecule has 0 amide bonds. The number of rotatable bonds is 3. The molecule has 0 fully saturated rings. The average molecular weight is 194 g/mol. The molecule has 0 atom stereocenters. The lowest BCUT2D eigenvalue weighted by Crippen LogP contribution is -2.13. The molecule has 1 aromatic carbocycles. The summed E-state index contributed by atoms with van der Waals surface area (Å²) in [7, 11) is 0. The van der Waals surface area contributed by atoms with E-state index in [0.717, 1.165) is 0 Å². The van der Waals surface area contributed by atoms with Crippen LogP contribution in [0.25, 0.3) is 0 Å². The second-order valence-corrected chi connectivity index (χ2v) is 3.18. The zero-order chi connectivity index (χ0) is 10.6. The van der Waals surface area contributed by atoms with Gasteiger partial charge in [0.25, 0.3) is 0 Å². The standard InChI is InChI=1S/C10H14N2O2/c1-7(2)14-9-5-3-4-8(6-9)10(11)12-13/h3-7,13H,1-2H3,(H2,11,12). The predicted molar refractivity (Wildman–Crippen MR) is 54.7 cm³/mol. The first-order valence-electron chi connectivity index (χ1n) is 4.38. The van der Waals surface area contributed by atoms with Gasteiger partial charge in [0, 0.05) is 5.56 Å². The van der Waals surface area contributed by atoms with Gasteiger partial charge in [0.05, 0.1) is 6.10 Å². The van der Waals surface area contributed by atoms with Crippen molar-refractivity contribution in [1.82, 2.24) is 0 Å². The molecule has 0 aliphatic heterocycles. The van der Waals surface area contributed by atoms with Crippen molar-refractivity contribution in [1.29, 1.82) is 0 Å². The minimum Gasteiger partial charge on any atom is -0.491 e. The van der Waals surface area contributed by atoms with Gasteiger partial charge in [0.2, 0.25) is 0 Å². The Kier molecular flexibility index (Phi) is 3.34. The molecule has 0 aliphatic carbocycles. The van der Waals surface area contributed by atoms with E-state index in [1.54, 1.807) is 18.2 Å². The van der Waals surface area contributed by atoms with Gasteiger partial charge in [-0.2, -0.15) is 0 Å². The molecule has 76 valence electrons. The summed E-state index contributed by atoms with van der Waals surface area (Å²) in [5, 5.41) is 11.4. The average Bonchev–Trinajstić information content (AvgIpc) is 2.16. The van der Waals surface area contributed by atoms with Crippen molar-refractivity contribution < 1.29 is 9.94 Å². The van der Waals surface area contributed by atoms with Crippen LogP contribution in [0.15, 0.2) is 29.4 Å². The molecule has 4 heteroatoms. The van der Waals surface area contributed by atoms with Crippen molar-refractivity contribution in [2.75, 3.05) is 0 Å². The van der Waals surface area contributed by atoms with Gasteiger partial charge in [0.15, 0.2) is 5.84 Å². The Bertz CT molecular complexity index is 335. The molecule has 0 spiro atoms. The first-order chi connectivity index (χ1) is 6.63. The van der Waals surface area contributed by atoms with Gasteiger partial charge < -0.3 is 15.7 Å². The highest BCUT2D eigenvalue weighted by molar-refractivity contribution is 5.97. The van der Waals surface area contributed by atoms with Crippen LogP contribution < -0.4 is 10.5 Å². The van der Waals surface area contributed by atoms with E-state index in [4.69, 9.17) is 15.7 Å². The number of nitrogens with two attached hydrogens (primary N) is 1. The maximum atomic E-state index is 8.48. The second kappa shape index (κ2) is 4.50. The number of benzene rings is 1. The molecule has 0 heterocycles. The Hall–Kier alpha value is -1.71. The highest BCUT2D eigenvalue weighted by Crippen LogP contribution is 2.14. The van der Waals surface area contributed by atoms with Crippen molar-refractivity contribution in [3.05, 3.63) is 29.8 Å². The number of hydrogen-bond acceptors (Lipinski definition) is 3. The molecular weight excluding hydrogens is 180 g/mol. The normalized spacial score (nSPS) is 11.8. The van der Waals surface area contributed by atoms with E-state index < -0.39 is 0 Å². The van der Waals surface area contributed by atoms with Crippen LogP contribution >= 0.6 is 0 Å². The van der Waals surface area contributed by atoms with E-state index in [-0.39, 0.29) is 11.9 Å². The van der Waals surface area contributed by atoms with Crippen LogP contribution in [0.3, 0.4) is 0 Å². The lowest BCUT2D eigenvalue weighted by atomic mass is 10.2. The Morgan fingerprint density at radius 3 is 2.79 bits per heavy atom. The monoisotopic (exact) mass is 194 g/mol. The molecular formula is C10H14N2O2. The Labute approximate surface area is 83.0 Å². The van der Waals surface area contributed by atoms with Crippen LogP contribution in [0.2, 0.25) is 0 Å². The summed E-state index contributed by atoms with van der Waals surface area (Å²) in [5.41, 5.74) is 6.08. The molecule has 1 aromatic rings. The molecule has 0 saturated carbocycles. The fraction of sp³-hybridized carbons (Fsp3) is 0.300. The van der Waals surface area contributed by atoms with Crippen LogP contribution in [-0.4, -0.2) is 17.1 Å². The predicted octanol–water partition coefficient (Wildman–Crippen LogP) is 1.57. The minimum atomic E-state index is 0.0826. The number of nitrogens with zero attached hydrogens (tertiary/aromatic N) is 1. The van der Waals surface area contributed by atoms with Crippen molar-refractivity contribution >= 4 is 5.84 Å². The zero-order valence-corrected chi connectivity index (χ0v) is 8.27. The Morgan fingerprint density at radius 1 is 1.50 bits per heavy atom. The fourth-order valence-corrected chi connectivity index (χ4v) is 1.06. The summed E-state index contributed by atoms with van der Waals surface area (Å²) in [6.07, 6.45) is 0.109. The third-order valence-corrected chi connectivity index (χ3v) is 1.61. The van der Waals surface area contributed by atoms with Crippen LogP contribution in [0.4, 0.5) is 0 Å². The van der Waals surface area contributed by atoms with Gasteiger partial charge in [-0.25, -0.2) is 0 Å². The summed E-state index contributed by atoms with van der Waals surface area (Å²) in [4.78, 5) is 0. The lowest BCUT2D eigenvalue weighted by molar-refractivity contribution is 0.242. The quantitative estimate of drug-likeness (QED) is 0.332. The highest BCUT2D eigenvalue weighted by Gasteiger charge is 2.02. The molecule has 0 aliphatic rings. The first-order valence-corrected chi connectivity index (χ1v) is 4.38. The minimum absolute atomic E-state index is 0.0826. The van der Waals surface area contributed by atoms with Gasteiger partial charge in [0.1, 0.15) is 5.75 Å². The van der Waals surface area contributed by atoms with E-state index >= 15 is 0 Å². The van der Waals surface area contributed by atoms with E-state index in [1.165, 1.54) is 0 Å². The molecule has 14 heavy (non-hydrogen) atoms. The van der Waals surface area contributed by atoms with Gasteiger partial charge in [-0.05, 0) is 26.0 Å². The Morgan fingerprint density at radius 2 is 2.21 bits per heavy atom. The molecule has 0 saturated heterocycles. The fourth-order valence-electron chi connectivity index (χ4n) is 1.06. The lowest BCUT2D eigenvalue weighted by Gasteiger charge is -2.10. The van der Waals surface area contributed by atoms with Crippen LogP contribution in [-0.2, 0) is 0 Å². The number of hydrogen-bond donors (Lipinski definition) is 2. The number of oxime groups is 1. The SMILES string of the molecule is CC(C)Oc1cccc(/C(N)=N\O)c1. The third kappa shape index (κ3) is 2.65. The molecule has 0 bridgehead atoms. The van der Waals surface area contributed by atoms with Crippen molar-refractivity contribution in [2.45, 2.75) is 20.0 Å². The maximum absolute atomic E-state index is 8.48. The van der Waals surface area contributed by atoms with Crippen LogP contribution in [0.1, 0.15) is 19.4 Å².